The zero-order valence-electron chi connectivity index (χ0n) is 9.02. The minimum Gasteiger partial charge on any atom is -0.330 e. The second kappa shape index (κ2) is 2.85. The van der Waals surface area contributed by atoms with Crippen molar-refractivity contribution in [2.24, 2.45) is 16.6 Å². The molecule has 0 bridgehead atoms. The first kappa shape index (κ1) is 8.96. The summed E-state index contributed by atoms with van der Waals surface area (Å²) in [6.45, 7) is 0.903. The molecule has 0 unspecified atom stereocenters. The quantitative estimate of drug-likeness (QED) is 0.667. The van der Waals surface area contributed by atoms with Crippen LogP contribution in [0.3, 0.4) is 0 Å². The zero-order chi connectivity index (χ0) is 9.65. The molecule has 0 atom stereocenters. The van der Waals surface area contributed by atoms with E-state index in [0.29, 0.717) is 5.41 Å². The zero-order valence-corrected chi connectivity index (χ0v) is 9.02. The summed E-state index contributed by atoms with van der Waals surface area (Å²) in [5.41, 5.74) is 8.99. The molecule has 14 heavy (non-hydrogen) atoms. The molecular weight excluding hydrogens is 170 g/mol. The van der Waals surface area contributed by atoms with Crippen LogP contribution < -0.4 is 5.73 Å². The SMILES string of the molecule is NCC1(C2=CCCCC2)CC2(CC2)C1. The largest absolute Gasteiger partial charge is 0.330 e. The lowest BCUT2D eigenvalue weighted by atomic mass is 9.55. The number of hydrogen-bond donors (Lipinski definition) is 1. The van der Waals surface area contributed by atoms with Crippen LogP contribution in [-0.4, -0.2) is 6.54 Å². The van der Waals surface area contributed by atoms with Crippen LogP contribution in [-0.2, 0) is 0 Å². The topological polar surface area (TPSA) is 26.0 Å². The highest BCUT2D eigenvalue weighted by Crippen LogP contribution is 2.70. The molecule has 0 aromatic rings. The fourth-order valence-electron chi connectivity index (χ4n) is 3.74. The van der Waals surface area contributed by atoms with Crippen LogP contribution in [0.5, 0.6) is 0 Å². The maximum absolute atomic E-state index is 6.01. The smallest absolute Gasteiger partial charge is 0.00450 e. The maximum Gasteiger partial charge on any atom is 0.00450 e. The third-order valence-electron chi connectivity index (χ3n) is 4.75. The second-order valence-electron chi connectivity index (χ2n) is 5.81. The Morgan fingerprint density at radius 1 is 1.21 bits per heavy atom. The molecular formula is C13H21N. The van der Waals surface area contributed by atoms with Crippen molar-refractivity contribution in [2.45, 2.75) is 51.4 Å². The Labute approximate surface area is 86.8 Å². The lowest BCUT2D eigenvalue weighted by Gasteiger charge is -2.51. The highest BCUT2D eigenvalue weighted by Gasteiger charge is 2.60. The molecule has 2 saturated carbocycles. The molecule has 0 aromatic carbocycles. The molecule has 3 rings (SSSR count). The van der Waals surface area contributed by atoms with Crippen molar-refractivity contribution in [3.63, 3.8) is 0 Å². The van der Waals surface area contributed by atoms with E-state index in [1.807, 2.05) is 0 Å². The van der Waals surface area contributed by atoms with Gasteiger partial charge in [-0.2, -0.15) is 0 Å². The van der Waals surface area contributed by atoms with Gasteiger partial charge in [0.25, 0.3) is 0 Å². The summed E-state index contributed by atoms with van der Waals surface area (Å²) in [4.78, 5) is 0. The first-order chi connectivity index (χ1) is 6.79. The Morgan fingerprint density at radius 3 is 2.50 bits per heavy atom. The highest BCUT2D eigenvalue weighted by atomic mass is 14.7. The van der Waals surface area contributed by atoms with Crippen LogP contribution in [0.25, 0.3) is 0 Å². The van der Waals surface area contributed by atoms with Crippen LogP contribution in [0.1, 0.15) is 51.4 Å². The lowest BCUT2D eigenvalue weighted by Crippen LogP contribution is -2.46. The van der Waals surface area contributed by atoms with E-state index >= 15 is 0 Å². The molecule has 0 radical (unpaired) electrons. The molecule has 0 aromatic heterocycles. The second-order valence-corrected chi connectivity index (χ2v) is 5.81. The van der Waals surface area contributed by atoms with Gasteiger partial charge in [-0.15, -0.1) is 0 Å². The van der Waals surface area contributed by atoms with Gasteiger partial charge >= 0.3 is 0 Å². The van der Waals surface area contributed by atoms with Gasteiger partial charge in [0.15, 0.2) is 0 Å². The first-order valence-electron chi connectivity index (χ1n) is 6.18. The molecule has 3 aliphatic carbocycles. The Bertz CT molecular complexity index is 265. The molecule has 0 amide bonds. The van der Waals surface area contributed by atoms with E-state index in [1.54, 1.807) is 5.57 Å². The van der Waals surface area contributed by atoms with E-state index in [9.17, 15) is 0 Å². The minimum atomic E-state index is 0.469. The van der Waals surface area contributed by atoms with Gasteiger partial charge in [-0.05, 0) is 56.8 Å². The fourth-order valence-corrected chi connectivity index (χ4v) is 3.74. The summed E-state index contributed by atoms with van der Waals surface area (Å²) in [7, 11) is 0. The predicted octanol–water partition coefficient (Wildman–Crippen LogP) is 3.01. The van der Waals surface area contributed by atoms with Crippen LogP contribution in [0, 0.1) is 10.8 Å². The van der Waals surface area contributed by atoms with Crippen molar-refractivity contribution in [1.82, 2.24) is 0 Å². The van der Waals surface area contributed by atoms with Crippen molar-refractivity contribution in [1.29, 1.82) is 0 Å². The highest BCUT2D eigenvalue weighted by molar-refractivity contribution is 5.27. The Kier molecular flexibility index (Phi) is 1.82. The molecule has 1 spiro atoms. The van der Waals surface area contributed by atoms with Gasteiger partial charge in [-0.3, -0.25) is 0 Å². The summed E-state index contributed by atoms with van der Waals surface area (Å²) in [6.07, 6.45) is 13.8. The van der Waals surface area contributed by atoms with Crippen molar-refractivity contribution in [3.05, 3.63) is 11.6 Å². The summed E-state index contributed by atoms with van der Waals surface area (Å²) < 4.78 is 0. The van der Waals surface area contributed by atoms with Gasteiger partial charge in [0, 0.05) is 12.0 Å². The Balaban J connectivity index is 1.77. The fraction of sp³-hybridized carbons (Fsp3) is 0.846. The first-order valence-corrected chi connectivity index (χ1v) is 6.18. The van der Waals surface area contributed by atoms with Gasteiger partial charge in [-0.1, -0.05) is 11.6 Å². The summed E-state index contributed by atoms with van der Waals surface area (Å²) in [5.74, 6) is 0. The van der Waals surface area contributed by atoms with E-state index in [4.69, 9.17) is 5.73 Å². The van der Waals surface area contributed by atoms with Crippen molar-refractivity contribution < 1.29 is 0 Å². The van der Waals surface area contributed by atoms with Gasteiger partial charge in [0.05, 0.1) is 0 Å². The van der Waals surface area contributed by atoms with Gasteiger partial charge < -0.3 is 5.73 Å². The number of rotatable bonds is 2. The van der Waals surface area contributed by atoms with Gasteiger partial charge in [0.1, 0.15) is 0 Å². The number of hydrogen-bond acceptors (Lipinski definition) is 1. The Hall–Kier alpha value is -0.300. The molecule has 0 heterocycles. The standard InChI is InChI=1S/C13H21N/c14-10-13(8-12(9-13)6-7-12)11-4-2-1-3-5-11/h4H,1-3,5-10,14H2. The average molecular weight is 191 g/mol. The van der Waals surface area contributed by atoms with E-state index in [0.717, 1.165) is 12.0 Å². The molecule has 0 saturated heterocycles. The van der Waals surface area contributed by atoms with E-state index < -0.39 is 0 Å². The van der Waals surface area contributed by atoms with E-state index in [-0.39, 0.29) is 0 Å². The summed E-state index contributed by atoms with van der Waals surface area (Å²) >= 11 is 0. The van der Waals surface area contributed by atoms with Crippen LogP contribution >= 0.6 is 0 Å². The molecule has 78 valence electrons. The van der Waals surface area contributed by atoms with E-state index in [2.05, 4.69) is 6.08 Å². The predicted molar refractivity (Wildman–Crippen MR) is 58.9 cm³/mol. The monoisotopic (exact) mass is 191 g/mol. The van der Waals surface area contributed by atoms with Gasteiger partial charge in [0.2, 0.25) is 0 Å². The maximum atomic E-state index is 6.01. The molecule has 2 N–H and O–H groups in total. The lowest BCUT2D eigenvalue weighted by molar-refractivity contribution is 0.0771. The molecule has 2 fully saturated rings. The third kappa shape index (κ3) is 1.18. The average Bonchev–Trinajstić information content (AvgIpc) is 2.96. The molecule has 3 aliphatic rings. The number of nitrogens with two attached hydrogens (primary N) is 1. The molecule has 1 nitrogen and oxygen atoms in total. The van der Waals surface area contributed by atoms with Crippen LogP contribution in [0.2, 0.25) is 0 Å². The van der Waals surface area contributed by atoms with E-state index in [1.165, 1.54) is 51.4 Å². The number of allylic oxidation sites excluding steroid dienone is 1. The third-order valence-corrected chi connectivity index (χ3v) is 4.75. The normalized spacial score (nSPS) is 32.2. The van der Waals surface area contributed by atoms with Crippen LogP contribution in [0.4, 0.5) is 0 Å². The van der Waals surface area contributed by atoms with Crippen LogP contribution in [0.15, 0.2) is 11.6 Å². The molecule has 1 heteroatoms. The molecule has 0 aliphatic heterocycles. The van der Waals surface area contributed by atoms with Crippen molar-refractivity contribution in [3.8, 4) is 0 Å². The van der Waals surface area contributed by atoms with Crippen molar-refractivity contribution >= 4 is 0 Å². The van der Waals surface area contributed by atoms with Gasteiger partial charge in [-0.25, -0.2) is 0 Å². The minimum absolute atomic E-state index is 0.469. The summed E-state index contributed by atoms with van der Waals surface area (Å²) in [6, 6.07) is 0. The Morgan fingerprint density at radius 2 is 2.00 bits per heavy atom. The summed E-state index contributed by atoms with van der Waals surface area (Å²) in [5, 5.41) is 0. The van der Waals surface area contributed by atoms with Crippen molar-refractivity contribution in [2.75, 3.05) is 6.54 Å².